The predicted octanol–water partition coefficient (Wildman–Crippen LogP) is 4.31. The van der Waals surface area contributed by atoms with Crippen molar-refractivity contribution in [3.8, 4) is 0 Å². The smallest absolute Gasteiger partial charge is 0.207 e. The van der Waals surface area contributed by atoms with Crippen LogP contribution in [0, 0.1) is 11.6 Å². The Hall–Kier alpha value is -0.830. The van der Waals surface area contributed by atoms with E-state index in [4.69, 9.17) is 0 Å². The zero-order chi connectivity index (χ0) is 16.5. The Kier molecular flexibility index (Phi) is 5.37. The van der Waals surface area contributed by atoms with Gasteiger partial charge in [-0.1, -0.05) is 22.0 Å². The van der Waals surface area contributed by atoms with E-state index in [-0.39, 0.29) is 11.4 Å². The van der Waals surface area contributed by atoms with Crippen LogP contribution in [0.2, 0.25) is 0 Å². The fraction of sp³-hybridized carbons (Fsp3) is 0.143. The van der Waals surface area contributed by atoms with Gasteiger partial charge in [-0.25, -0.2) is 17.2 Å². The van der Waals surface area contributed by atoms with Gasteiger partial charge in [0.25, 0.3) is 0 Å². The average Bonchev–Trinajstić information content (AvgIpc) is 2.45. The van der Waals surface area contributed by atoms with Gasteiger partial charge in [0.15, 0.2) is 11.6 Å². The molecule has 8 heteroatoms. The SMILES string of the molecule is CN(Cc1ccc(F)c(F)c1)S(=O)(=O)c1cc(Br)ccc1Br. The van der Waals surface area contributed by atoms with Crippen molar-refractivity contribution in [2.75, 3.05) is 7.05 Å². The Morgan fingerprint density at radius 2 is 1.73 bits per heavy atom. The first-order chi connectivity index (χ1) is 10.2. The first-order valence-electron chi connectivity index (χ1n) is 6.07. The summed E-state index contributed by atoms with van der Waals surface area (Å²) < 4.78 is 53.4. The Morgan fingerprint density at radius 1 is 1.05 bits per heavy atom. The third-order valence-corrected chi connectivity index (χ3v) is 6.26. The van der Waals surface area contributed by atoms with Crippen LogP contribution in [0.4, 0.5) is 8.78 Å². The summed E-state index contributed by atoms with van der Waals surface area (Å²) in [6, 6.07) is 8.10. The Morgan fingerprint density at radius 3 is 2.36 bits per heavy atom. The van der Waals surface area contributed by atoms with E-state index in [0.717, 1.165) is 16.4 Å². The molecule has 0 aromatic heterocycles. The van der Waals surface area contributed by atoms with Crippen molar-refractivity contribution in [3.63, 3.8) is 0 Å². The maximum Gasteiger partial charge on any atom is 0.244 e. The number of nitrogens with zero attached hydrogens (tertiary/aromatic N) is 1. The molecule has 0 heterocycles. The predicted molar refractivity (Wildman–Crippen MR) is 86.9 cm³/mol. The summed E-state index contributed by atoms with van der Waals surface area (Å²) in [6.45, 7) is -0.0709. The highest BCUT2D eigenvalue weighted by molar-refractivity contribution is 9.11. The molecule has 2 aromatic rings. The molecule has 0 radical (unpaired) electrons. The van der Waals surface area contributed by atoms with Gasteiger partial charge in [0.2, 0.25) is 10.0 Å². The first kappa shape index (κ1) is 17.5. The van der Waals surface area contributed by atoms with Gasteiger partial charge in [-0.05, 0) is 51.8 Å². The lowest BCUT2D eigenvalue weighted by Crippen LogP contribution is -2.27. The number of halogens is 4. The largest absolute Gasteiger partial charge is 0.244 e. The van der Waals surface area contributed by atoms with Gasteiger partial charge in [0.05, 0.1) is 4.90 Å². The lowest BCUT2D eigenvalue weighted by molar-refractivity contribution is 0.461. The van der Waals surface area contributed by atoms with E-state index in [1.165, 1.54) is 19.2 Å². The molecule has 22 heavy (non-hydrogen) atoms. The van der Waals surface area contributed by atoms with Gasteiger partial charge in [-0.3, -0.25) is 0 Å². The molecule has 0 N–H and O–H groups in total. The van der Waals surface area contributed by atoms with E-state index < -0.39 is 21.7 Å². The lowest BCUT2D eigenvalue weighted by atomic mass is 10.2. The summed E-state index contributed by atoms with van der Waals surface area (Å²) >= 11 is 6.43. The van der Waals surface area contributed by atoms with Crippen molar-refractivity contribution in [1.82, 2.24) is 4.31 Å². The summed E-state index contributed by atoms with van der Waals surface area (Å²) in [4.78, 5) is 0.0898. The minimum atomic E-state index is -3.77. The highest BCUT2D eigenvalue weighted by Crippen LogP contribution is 2.28. The van der Waals surface area contributed by atoms with Crippen LogP contribution in [-0.2, 0) is 16.6 Å². The maximum absolute atomic E-state index is 13.2. The highest BCUT2D eigenvalue weighted by atomic mass is 79.9. The minimum absolute atomic E-state index is 0.0709. The van der Waals surface area contributed by atoms with Crippen LogP contribution in [-0.4, -0.2) is 19.8 Å². The molecule has 0 aliphatic carbocycles. The summed E-state index contributed by atoms with van der Waals surface area (Å²) in [6.07, 6.45) is 0. The number of hydrogen-bond donors (Lipinski definition) is 0. The average molecular weight is 455 g/mol. The molecule has 0 saturated heterocycles. The van der Waals surface area contributed by atoms with Crippen molar-refractivity contribution >= 4 is 41.9 Å². The molecular formula is C14H11Br2F2NO2S. The summed E-state index contributed by atoms with van der Waals surface area (Å²) in [5.74, 6) is -1.98. The highest BCUT2D eigenvalue weighted by Gasteiger charge is 2.24. The van der Waals surface area contributed by atoms with Crippen LogP contribution >= 0.6 is 31.9 Å². The van der Waals surface area contributed by atoms with Gasteiger partial charge in [-0.15, -0.1) is 0 Å². The summed E-state index contributed by atoms with van der Waals surface area (Å²) in [7, 11) is -2.39. The van der Waals surface area contributed by atoms with Gasteiger partial charge < -0.3 is 0 Å². The fourth-order valence-electron chi connectivity index (χ4n) is 1.82. The molecular weight excluding hydrogens is 444 g/mol. The molecule has 118 valence electrons. The third kappa shape index (κ3) is 3.73. The zero-order valence-electron chi connectivity index (χ0n) is 11.4. The third-order valence-electron chi connectivity index (χ3n) is 2.97. The molecule has 0 aliphatic rings. The van der Waals surface area contributed by atoms with E-state index in [2.05, 4.69) is 31.9 Å². The van der Waals surface area contributed by atoms with Crippen LogP contribution in [0.3, 0.4) is 0 Å². The number of rotatable bonds is 4. The molecule has 0 saturated carbocycles. The van der Waals surface area contributed by atoms with E-state index in [9.17, 15) is 17.2 Å². The molecule has 3 nitrogen and oxygen atoms in total. The van der Waals surface area contributed by atoms with Crippen LogP contribution in [0.1, 0.15) is 5.56 Å². The Balaban J connectivity index is 2.32. The van der Waals surface area contributed by atoms with Crippen molar-refractivity contribution in [1.29, 1.82) is 0 Å². The van der Waals surface area contributed by atoms with Crippen LogP contribution < -0.4 is 0 Å². The molecule has 2 rings (SSSR count). The van der Waals surface area contributed by atoms with E-state index in [0.29, 0.717) is 14.5 Å². The van der Waals surface area contributed by atoms with Gasteiger partial charge in [-0.2, -0.15) is 4.31 Å². The number of benzene rings is 2. The van der Waals surface area contributed by atoms with Gasteiger partial charge >= 0.3 is 0 Å². The van der Waals surface area contributed by atoms with Crippen molar-refractivity contribution in [2.24, 2.45) is 0 Å². The van der Waals surface area contributed by atoms with Crippen LogP contribution in [0.25, 0.3) is 0 Å². The fourth-order valence-corrected chi connectivity index (χ4v) is 4.44. The van der Waals surface area contributed by atoms with Crippen molar-refractivity contribution in [3.05, 3.63) is 62.5 Å². The zero-order valence-corrected chi connectivity index (χ0v) is 15.3. The Bertz CT molecular complexity index is 812. The van der Waals surface area contributed by atoms with Crippen LogP contribution in [0.5, 0.6) is 0 Å². The van der Waals surface area contributed by atoms with Crippen LogP contribution in [0.15, 0.2) is 50.2 Å². The molecule has 0 amide bonds. The summed E-state index contributed by atoms with van der Waals surface area (Å²) in [5.41, 5.74) is 0.357. The molecule has 0 fully saturated rings. The molecule has 0 atom stereocenters. The standard InChI is InChI=1S/C14H11Br2F2NO2S/c1-19(8-9-2-5-12(17)13(18)6-9)22(20,21)14-7-10(15)3-4-11(14)16/h2-7H,8H2,1H3. The van der Waals surface area contributed by atoms with Crippen molar-refractivity contribution in [2.45, 2.75) is 11.4 Å². The molecule has 0 spiro atoms. The lowest BCUT2D eigenvalue weighted by Gasteiger charge is -2.18. The van der Waals surface area contributed by atoms with E-state index >= 15 is 0 Å². The molecule has 0 aliphatic heterocycles. The summed E-state index contributed by atoms with van der Waals surface area (Å²) in [5, 5.41) is 0. The van der Waals surface area contributed by atoms with Crippen molar-refractivity contribution < 1.29 is 17.2 Å². The number of sulfonamides is 1. The minimum Gasteiger partial charge on any atom is -0.207 e. The quantitative estimate of drug-likeness (QED) is 0.690. The Labute approximate surface area is 144 Å². The first-order valence-corrected chi connectivity index (χ1v) is 9.10. The monoisotopic (exact) mass is 453 g/mol. The van der Waals surface area contributed by atoms with E-state index in [1.807, 2.05) is 0 Å². The maximum atomic E-state index is 13.2. The normalized spacial score (nSPS) is 11.9. The second kappa shape index (κ2) is 6.74. The molecule has 0 unspecified atom stereocenters. The number of hydrogen-bond acceptors (Lipinski definition) is 2. The second-order valence-corrected chi connectivity index (χ2v) is 8.37. The van der Waals surface area contributed by atoms with Gasteiger partial charge in [0.1, 0.15) is 0 Å². The molecule has 2 aromatic carbocycles. The second-order valence-electron chi connectivity index (χ2n) is 4.58. The van der Waals surface area contributed by atoms with Gasteiger partial charge in [0, 0.05) is 22.5 Å². The topological polar surface area (TPSA) is 37.4 Å². The van der Waals surface area contributed by atoms with E-state index in [1.54, 1.807) is 12.1 Å². The molecule has 0 bridgehead atoms.